The van der Waals surface area contributed by atoms with Gasteiger partial charge < -0.3 is 34.4 Å². The molecule has 0 spiro atoms. The highest BCUT2D eigenvalue weighted by Gasteiger charge is 2.49. The van der Waals surface area contributed by atoms with Gasteiger partial charge in [0, 0.05) is 36.3 Å². The zero-order chi connectivity index (χ0) is 34.8. The van der Waals surface area contributed by atoms with Crippen molar-refractivity contribution in [3.05, 3.63) is 53.9 Å². The third kappa shape index (κ3) is 5.95. The summed E-state index contributed by atoms with van der Waals surface area (Å²) in [7, 11) is 3.14. The lowest BCUT2D eigenvalue weighted by atomic mass is 9.80. The number of aliphatic hydroxyl groups is 2. The Labute approximate surface area is 288 Å². The van der Waals surface area contributed by atoms with E-state index in [-0.39, 0.29) is 23.9 Å². The van der Waals surface area contributed by atoms with Crippen molar-refractivity contribution in [1.82, 2.24) is 20.2 Å². The molecule has 10 nitrogen and oxygen atoms in total. The largest absolute Gasteiger partial charge is 0.624 e. The van der Waals surface area contributed by atoms with Crippen LogP contribution >= 0.6 is 0 Å². The molecule has 257 valence electrons. The topological polar surface area (TPSA) is 130 Å². The summed E-state index contributed by atoms with van der Waals surface area (Å²) < 4.78 is 15.9. The average Bonchev–Trinajstić information content (AvgIpc) is 3.79. The Kier molecular flexibility index (Phi) is 8.42. The van der Waals surface area contributed by atoms with E-state index in [4.69, 9.17) is 14.5 Å². The molecule has 3 aliphatic rings. The SMILES string of the molecule is COC(=O)N[C@H](C(=O)N1C(c2nc3c(ccc4cc5c(cc43)OCc3cc([B][OH+]C(C)(C)C(C)(C)O)ccc3-5)[nH]2)C[C@@H]2CCC[C@@H]21)C(C)C. The smallest absolute Gasteiger partial charge is 0.530 e. The van der Waals surface area contributed by atoms with E-state index < -0.39 is 23.3 Å². The quantitative estimate of drug-likeness (QED) is 0.170. The first-order chi connectivity index (χ1) is 23.3. The van der Waals surface area contributed by atoms with Crippen LogP contribution in [-0.2, 0) is 16.1 Å². The number of fused-ring (bicyclic) bond motifs is 7. The molecule has 49 heavy (non-hydrogen) atoms. The second kappa shape index (κ2) is 12.4. The number of alkyl carbamates (subject to hydrolysis) is 1. The number of H-pyrrole nitrogens is 1. The van der Waals surface area contributed by atoms with E-state index in [1.54, 1.807) is 13.8 Å². The van der Waals surface area contributed by atoms with Crippen LogP contribution in [0.4, 0.5) is 4.79 Å². The lowest BCUT2D eigenvalue weighted by Crippen LogP contribution is -2.53. The van der Waals surface area contributed by atoms with Gasteiger partial charge in [0.2, 0.25) is 5.91 Å². The minimum atomic E-state index is -0.950. The lowest BCUT2D eigenvalue weighted by Gasteiger charge is -2.34. The van der Waals surface area contributed by atoms with E-state index in [1.807, 2.05) is 40.1 Å². The van der Waals surface area contributed by atoms with Crippen LogP contribution in [0.3, 0.4) is 0 Å². The fourth-order valence-corrected chi connectivity index (χ4v) is 7.67. The highest BCUT2D eigenvalue weighted by atomic mass is 16.5. The average molecular weight is 667 g/mol. The Morgan fingerprint density at radius 1 is 1.12 bits per heavy atom. The summed E-state index contributed by atoms with van der Waals surface area (Å²) in [4.78, 5) is 37.1. The highest BCUT2D eigenvalue weighted by Crippen LogP contribution is 2.48. The molecule has 1 aliphatic carbocycles. The van der Waals surface area contributed by atoms with Gasteiger partial charge in [-0.25, -0.2) is 9.78 Å². The number of imidazole rings is 1. The maximum atomic E-state index is 14.2. The second-order valence-electron chi connectivity index (χ2n) is 15.3. The summed E-state index contributed by atoms with van der Waals surface area (Å²) in [5, 5.41) is 15.3. The molecule has 4 atom stereocenters. The molecular weight excluding hydrogens is 619 g/mol. The zero-order valence-corrected chi connectivity index (χ0v) is 29.5. The fraction of sp³-hybridized carbons (Fsp3) is 0.500. The first-order valence-electron chi connectivity index (χ1n) is 17.4. The molecule has 1 unspecified atom stereocenters. The van der Waals surface area contributed by atoms with Gasteiger partial charge in [-0.15, -0.1) is 0 Å². The third-order valence-corrected chi connectivity index (χ3v) is 11.2. The van der Waals surface area contributed by atoms with Crippen LogP contribution < -0.4 is 15.5 Å². The van der Waals surface area contributed by atoms with Gasteiger partial charge in [0.05, 0.1) is 24.2 Å². The van der Waals surface area contributed by atoms with E-state index in [0.29, 0.717) is 12.5 Å². The van der Waals surface area contributed by atoms with Crippen molar-refractivity contribution in [2.75, 3.05) is 7.11 Å². The number of amides is 2. The molecule has 4 aromatic rings. The van der Waals surface area contributed by atoms with Crippen molar-refractivity contribution in [2.24, 2.45) is 11.8 Å². The summed E-state index contributed by atoms with van der Waals surface area (Å²) in [6.45, 7) is 11.7. The molecule has 4 N–H and O–H groups in total. The number of carbonyl (C=O) groups excluding carboxylic acids is 2. The van der Waals surface area contributed by atoms with Crippen molar-refractivity contribution < 1.29 is 28.8 Å². The molecule has 1 radical (unpaired) electrons. The zero-order valence-electron chi connectivity index (χ0n) is 29.5. The van der Waals surface area contributed by atoms with Crippen LogP contribution in [0.2, 0.25) is 0 Å². The van der Waals surface area contributed by atoms with Crippen molar-refractivity contribution in [3.8, 4) is 16.9 Å². The first-order valence-corrected chi connectivity index (χ1v) is 17.4. The van der Waals surface area contributed by atoms with Crippen molar-refractivity contribution >= 4 is 46.8 Å². The van der Waals surface area contributed by atoms with Crippen LogP contribution in [0.1, 0.15) is 84.7 Å². The number of likely N-dealkylation sites (tertiary alicyclic amines) is 1. The lowest BCUT2D eigenvalue weighted by molar-refractivity contribution is -0.157. The second-order valence-corrected chi connectivity index (χ2v) is 15.3. The number of hydrogen-bond donors (Lipinski definition) is 3. The van der Waals surface area contributed by atoms with Crippen molar-refractivity contribution in [3.63, 3.8) is 0 Å². The van der Waals surface area contributed by atoms with Gasteiger partial charge in [0.1, 0.15) is 29.8 Å². The molecular formula is C38H47BN4O6+. The van der Waals surface area contributed by atoms with Crippen LogP contribution in [0.25, 0.3) is 32.9 Å². The van der Waals surface area contributed by atoms with E-state index in [9.17, 15) is 14.7 Å². The van der Waals surface area contributed by atoms with Gasteiger partial charge in [-0.1, -0.05) is 44.5 Å². The molecule has 1 saturated heterocycles. The Bertz CT molecular complexity index is 1930. The van der Waals surface area contributed by atoms with E-state index in [0.717, 1.165) is 81.2 Å². The van der Waals surface area contributed by atoms with E-state index >= 15 is 0 Å². The summed E-state index contributed by atoms with van der Waals surface area (Å²) in [6.07, 6.45) is 3.38. The number of nitrogens with one attached hydrogen (secondary N) is 2. The summed E-state index contributed by atoms with van der Waals surface area (Å²) in [5.74, 6) is 1.81. The number of methoxy groups -OCH3 is 1. The molecule has 11 heteroatoms. The highest BCUT2D eigenvalue weighted by molar-refractivity contribution is 6.46. The van der Waals surface area contributed by atoms with Gasteiger partial charge in [-0.05, 0) is 79.7 Å². The van der Waals surface area contributed by atoms with Crippen LogP contribution in [0, 0.1) is 11.8 Å². The number of rotatable bonds is 8. The monoisotopic (exact) mass is 666 g/mol. The number of ether oxygens (including phenoxy) is 2. The molecule has 2 fully saturated rings. The number of benzene rings is 3. The summed E-state index contributed by atoms with van der Waals surface area (Å²) in [5.41, 5.74) is 4.37. The van der Waals surface area contributed by atoms with Gasteiger partial charge in [-0.2, -0.15) is 0 Å². The first kappa shape index (κ1) is 33.4. The molecule has 3 aromatic carbocycles. The van der Waals surface area contributed by atoms with Crippen LogP contribution in [0.5, 0.6) is 5.75 Å². The summed E-state index contributed by atoms with van der Waals surface area (Å²) >= 11 is 0. The normalized spacial score (nSPS) is 20.9. The van der Waals surface area contributed by atoms with E-state index in [2.05, 4.69) is 57.4 Å². The number of aromatic nitrogens is 2. The Hall–Kier alpha value is -4.09. The number of aromatic amines is 1. The van der Waals surface area contributed by atoms with Crippen LogP contribution in [-0.4, -0.2) is 74.5 Å². The number of hydrogen-bond acceptors (Lipinski definition) is 6. The number of nitrogens with zero attached hydrogens (tertiary/aromatic N) is 2. The van der Waals surface area contributed by atoms with Crippen LogP contribution in [0.15, 0.2) is 42.5 Å². The molecule has 0 bridgehead atoms. The molecule has 2 aliphatic heterocycles. The van der Waals surface area contributed by atoms with E-state index in [1.165, 1.54) is 7.11 Å². The maximum absolute atomic E-state index is 14.2. The Balaban J connectivity index is 1.20. The predicted molar refractivity (Wildman–Crippen MR) is 191 cm³/mol. The molecule has 3 heterocycles. The van der Waals surface area contributed by atoms with Gasteiger partial charge in [-0.3, -0.25) is 4.79 Å². The van der Waals surface area contributed by atoms with Gasteiger partial charge in [0.15, 0.2) is 5.60 Å². The fourth-order valence-electron chi connectivity index (χ4n) is 7.67. The van der Waals surface area contributed by atoms with Crippen molar-refractivity contribution in [2.45, 2.75) is 103 Å². The minimum Gasteiger partial charge on any atom is -0.530 e. The summed E-state index contributed by atoms with van der Waals surface area (Å²) in [6, 6.07) is 13.9. The molecule has 1 saturated carbocycles. The van der Waals surface area contributed by atoms with Gasteiger partial charge in [0.25, 0.3) is 0 Å². The third-order valence-electron chi connectivity index (χ3n) is 11.2. The van der Waals surface area contributed by atoms with Crippen molar-refractivity contribution in [1.29, 1.82) is 0 Å². The maximum Gasteiger partial charge on any atom is 0.624 e. The predicted octanol–water partition coefficient (Wildman–Crippen LogP) is 5.42. The van der Waals surface area contributed by atoms with Gasteiger partial charge >= 0.3 is 13.6 Å². The number of carbonyl (C=O) groups is 2. The molecule has 2 amide bonds. The Morgan fingerprint density at radius 2 is 1.92 bits per heavy atom. The molecule has 1 aromatic heterocycles. The molecule has 7 rings (SSSR count). The standard InChI is InChI=1S/C38H47BN4O6/c1-20(2)32(42-36(45)47-7)35(44)43-29-10-8-9-22(29)17-30(43)34-40-28-14-11-21-16-27-25-13-12-24(39-49-38(5,6)37(3,4)46)15-23(25)19-48-31(27)18-26(21)33(28)41-34/h11-16,18,20,22,29-30,32,46,49H,8-10,17,19H2,1-7H3,(H,40,41)(H,42,45)/q+1/t22-,29-,30?,32-/m0/s1. The minimum absolute atomic E-state index is 0.0818. The Morgan fingerprint density at radius 3 is 2.65 bits per heavy atom.